The van der Waals surface area contributed by atoms with Gasteiger partial charge in [0.15, 0.2) is 0 Å². The Kier molecular flexibility index (Phi) is 36.1. The molecule has 0 aromatic heterocycles. The van der Waals surface area contributed by atoms with Gasteiger partial charge in [0.1, 0.15) is 0 Å². The van der Waals surface area contributed by atoms with Gasteiger partial charge in [-0.15, -0.1) is 0 Å². The summed E-state index contributed by atoms with van der Waals surface area (Å²) in [5, 5.41) is 0. The van der Waals surface area contributed by atoms with Crippen molar-refractivity contribution in [2.45, 2.75) is 68.7 Å². The van der Waals surface area contributed by atoms with Crippen molar-refractivity contribution in [1.29, 1.82) is 0 Å². The minimum Gasteiger partial charge on any atom is -0.501 e. The van der Waals surface area contributed by atoms with Gasteiger partial charge in [-0.25, -0.2) is 0 Å². The lowest BCUT2D eigenvalue weighted by Crippen LogP contribution is -2.03. The molecule has 0 N–H and O–H groups in total. The normalized spacial score (nSPS) is 12.9. The van der Waals surface area contributed by atoms with Gasteiger partial charge in [-0.05, 0) is 50.3 Å². The van der Waals surface area contributed by atoms with Gasteiger partial charge in [0.25, 0.3) is 0 Å². The quantitative estimate of drug-likeness (QED) is 0.289. The number of rotatable bonds is 9. The Labute approximate surface area is 177 Å². The third-order valence-corrected chi connectivity index (χ3v) is 3.49. The van der Waals surface area contributed by atoms with Crippen LogP contribution in [0.3, 0.4) is 0 Å². The van der Waals surface area contributed by atoms with Crippen molar-refractivity contribution in [2.24, 2.45) is 5.92 Å². The summed E-state index contributed by atoms with van der Waals surface area (Å²) in [5.74, 6) is 1.51. The average molecular weight is 393 g/mol. The number of hydrogen-bond donors (Lipinski definition) is 0. The fourth-order valence-corrected chi connectivity index (χ4v) is 1.67. The van der Waals surface area contributed by atoms with Gasteiger partial charge in [0.2, 0.25) is 0 Å². The topological polar surface area (TPSA) is 18.5 Å². The van der Waals surface area contributed by atoms with Crippen molar-refractivity contribution >= 4 is 0 Å². The van der Waals surface area contributed by atoms with E-state index >= 15 is 0 Å². The Balaban J connectivity index is -0.000000174. The first-order chi connectivity index (χ1) is 13.5. The smallest absolute Gasteiger partial charge is 0.0924 e. The maximum absolute atomic E-state index is 5.12. The molecule has 0 amide bonds. The van der Waals surface area contributed by atoms with Gasteiger partial charge < -0.3 is 9.47 Å². The summed E-state index contributed by atoms with van der Waals surface area (Å²) in [6, 6.07) is 0. The van der Waals surface area contributed by atoms with Crippen LogP contribution in [0.1, 0.15) is 68.7 Å². The Morgan fingerprint density at radius 2 is 1.54 bits per heavy atom. The summed E-state index contributed by atoms with van der Waals surface area (Å²) >= 11 is 0. The third kappa shape index (κ3) is 24.2. The van der Waals surface area contributed by atoms with Crippen LogP contribution in [0, 0.1) is 5.92 Å². The van der Waals surface area contributed by atoms with Crippen LogP contribution >= 0.6 is 0 Å². The van der Waals surface area contributed by atoms with Crippen LogP contribution in [-0.4, -0.2) is 20.8 Å². The molecule has 0 aliphatic heterocycles. The highest BCUT2D eigenvalue weighted by Gasteiger charge is 2.04. The largest absolute Gasteiger partial charge is 0.501 e. The molecule has 0 aromatic rings. The van der Waals surface area contributed by atoms with E-state index in [0.717, 1.165) is 17.9 Å². The molecule has 2 heteroatoms. The van der Waals surface area contributed by atoms with E-state index in [0.29, 0.717) is 5.92 Å². The van der Waals surface area contributed by atoms with Gasteiger partial charge in [0.05, 0.1) is 19.5 Å². The van der Waals surface area contributed by atoms with E-state index in [1.54, 1.807) is 20.3 Å². The summed E-state index contributed by atoms with van der Waals surface area (Å²) < 4.78 is 10.1. The summed E-state index contributed by atoms with van der Waals surface area (Å²) in [6.45, 7) is 22.8. The van der Waals surface area contributed by atoms with E-state index in [-0.39, 0.29) is 0 Å². The lowest BCUT2D eigenvalue weighted by Gasteiger charge is -2.12. The minimum absolute atomic E-state index is 0.626. The van der Waals surface area contributed by atoms with Crippen LogP contribution in [0.4, 0.5) is 0 Å². The molecular formula is C26H48O2. The lowest BCUT2D eigenvalue weighted by molar-refractivity contribution is 0.217. The van der Waals surface area contributed by atoms with Crippen LogP contribution < -0.4 is 0 Å². The lowest BCUT2D eigenvalue weighted by atomic mass is 9.99. The fraction of sp³-hybridized carbons (Fsp3) is 0.538. The molecule has 0 spiro atoms. The average Bonchev–Trinajstić information content (AvgIpc) is 2.76. The van der Waals surface area contributed by atoms with Crippen LogP contribution in [0.25, 0.3) is 0 Å². The van der Waals surface area contributed by atoms with Crippen LogP contribution in [-0.2, 0) is 9.47 Å². The van der Waals surface area contributed by atoms with E-state index in [1.165, 1.54) is 12.0 Å². The molecule has 2 nitrogen and oxygen atoms in total. The second kappa shape index (κ2) is 29.9. The predicted molar refractivity (Wildman–Crippen MR) is 131 cm³/mol. The van der Waals surface area contributed by atoms with Crippen molar-refractivity contribution in [3.8, 4) is 0 Å². The predicted octanol–water partition coefficient (Wildman–Crippen LogP) is 8.46. The van der Waals surface area contributed by atoms with E-state index in [1.807, 2.05) is 78.8 Å². The molecule has 0 aliphatic rings. The number of hydrogen-bond acceptors (Lipinski definition) is 2. The zero-order valence-electron chi connectivity index (χ0n) is 20.6. The molecule has 1 unspecified atom stereocenters. The van der Waals surface area contributed by atoms with Crippen molar-refractivity contribution in [2.75, 3.05) is 20.8 Å². The second-order valence-electron chi connectivity index (χ2n) is 5.36. The third-order valence-electron chi connectivity index (χ3n) is 3.49. The molecule has 0 aromatic carbocycles. The SMILES string of the molecule is C/C=C\C=C(/COC)C(C)CC.C=CC(/C=C\C)=C/C=C(\C)OC.CC.CC. The van der Waals surface area contributed by atoms with Gasteiger partial charge >= 0.3 is 0 Å². The Morgan fingerprint density at radius 1 is 0.964 bits per heavy atom. The Hall–Kier alpha value is -1.80. The van der Waals surface area contributed by atoms with Crippen molar-refractivity contribution < 1.29 is 9.47 Å². The number of allylic oxidation sites excluding steroid dienone is 10. The van der Waals surface area contributed by atoms with E-state index in [2.05, 4.69) is 32.6 Å². The van der Waals surface area contributed by atoms with Crippen molar-refractivity contribution in [1.82, 2.24) is 0 Å². The highest BCUT2D eigenvalue weighted by Crippen LogP contribution is 2.14. The monoisotopic (exact) mass is 392 g/mol. The van der Waals surface area contributed by atoms with Gasteiger partial charge in [0, 0.05) is 7.11 Å². The van der Waals surface area contributed by atoms with Crippen LogP contribution in [0.15, 0.2) is 72.1 Å². The van der Waals surface area contributed by atoms with Gasteiger partial charge in [-0.3, -0.25) is 0 Å². The molecule has 0 bridgehead atoms. The molecule has 0 heterocycles. The van der Waals surface area contributed by atoms with Crippen molar-refractivity contribution in [3.63, 3.8) is 0 Å². The molecule has 164 valence electrons. The standard InChI is InChI=1S/C11H16O.C11H20O.2C2H6/c1-5-7-11(6-2)9-8-10(3)12-4;1-5-7-8-11(9-12-4)10(3)6-2;2*1-2/h5-9H,2H2,1,3-4H3;5,7-8,10H,6,9H2,1-4H3;2*1-2H3/b7-5-,10-8+,11-9-;7-5-,11-8+;;. The molecule has 0 saturated heterocycles. The van der Waals surface area contributed by atoms with Gasteiger partial charge in [-0.1, -0.05) is 90.7 Å². The molecule has 1 atom stereocenters. The van der Waals surface area contributed by atoms with Gasteiger partial charge in [-0.2, -0.15) is 0 Å². The minimum atomic E-state index is 0.626. The first-order valence-corrected chi connectivity index (χ1v) is 10.5. The van der Waals surface area contributed by atoms with E-state index < -0.39 is 0 Å². The molecule has 0 rings (SSSR count). The number of methoxy groups -OCH3 is 2. The van der Waals surface area contributed by atoms with Crippen LogP contribution in [0.2, 0.25) is 0 Å². The fourth-order valence-electron chi connectivity index (χ4n) is 1.67. The molecule has 0 radical (unpaired) electrons. The Morgan fingerprint density at radius 3 is 1.89 bits per heavy atom. The Bertz CT molecular complexity index is 463. The van der Waals surface area contributed by atoms with E-state index in [4.69, 9.17) is 9.47 Å². The molecule has 28 heavy (non-hydrogen) atoms. The highest BCUT2D eigenvalue weighted by atomic mass is 16.5. The first-order valence-electron chi connectivity index (χ1n) is 10.5. The summed E-state index contributed by atoms with van der Waals surface area (Å²) in [7, 11) is 3.40. The summed E-state index contributed by atoms with van der Waals surface area (Å²) in [4.78, 5) is 0. The molecule has 0 saturated carbocycles. The molecule has 0 aliphatic carbocycles. The van der Waals surface area contributed by atoms with E-state index in [9.17, 15) is 0 Å². The molecular weight excluding hydrogens is 344 g/mol. The second-order valence-corrected chi connectivity index (χ2v) is 5.36. The summed E-state index contributed by atoms with van der Waals surface area (Å²) in [6.07, 6.45) is 17.1. The highest BCUT2D eigenvalue weighted by molar-refractivity contribution is 5.32. The zero-order chi connectivity index (χ0) is 22.8. The number of ether oxygens (including phenoxy) is 2. The summed E-state index contributed by atoms with van der Waals surface area (Å²) in [5.41, 5.74) is 2.45. The van der Waals surface area contributed by atoms with Crippen LogP contribution in [0.5, 0.6) is 0 Å². The van der Waals surface area contributed by atoms with Crippen molar-refractivity contribution in [3.05, 3.63) is 72.1 Å². The first kappa shape index (κ1) is 33.8. The maximum Gasteiger partial charge on any atom is 0.0924 e. The maximum atomic E-state index is 5.12. The molecule has 0 fully saturated rings. The zero-order valence-corrected chi connectivity index (χ0v) is 20.6.